The van der Waals surface area contributed by atoms with Crippen molar-refractivity contribution in [2.45, 2.75) is 26.9 Å². The highest BCUT2D eigenvalue weighted by atomic mass is 16.4. The minimum atomic E-state index is -1.01. The van der Waals surface area contributed by atoms with E-state index >= 15 is 0 Å². The molecule has 0 saturated heterocycles. The fourth-order valence-corrected chi connectivity index (χ4v) is 1.98. The van der Waals surface area contributed by atoms with E-state index in [2.05, 4.69) is 15.5 Å². The normalized spacial score (nSPS) is 10.6. The minimum Gasteiger partial charge on any atom is -0.480 e. The van der Waals surface area contributed by atoms with E-state index in [9.17, 15) is 9.59 Å². The van der Waals surface area contributed by atoms with Gasteiger partial charge in [0.2, 0.25) is 0 Å². The molecule has 2 aromatic rings. The average Bonchev–Trinajstić information content (AvgIpc) is 2.96. The van der Waals surface area contributed by atoms with E-state index in [1.54, 1.807) is 0 Å². The second-order valence-corrected chi connectivity index (χ2v) is 4.73. The van der Waals surface area contributed by atoms with Gasteiger partial charge in [0, 0.05) is 18.4 Å². The van der Waals surface area contributed by atoms with Crippen LogP contribution in [0.15, 0.2) is 18.5 Å². The van der Waals surface area contributed by atoms with E-state index in [4.69, 9.17) is 5.11 Å². The number of hydrogen-bond donors (Lipinski definition) is 2. The molecule has 112 valence electrons. The van der Waals surface area contributed by atoms with Crippen molar-refractivity contribution in [3.63, 3.8) is 0 Å². The first-order valence-corrected chi connectivity index (χ1v) is 6.49. The molecule has 0 saturated carbocycles. The number of nitrogens with zero attached hydrogens (tertiary/aromatic N) is 4. The Labute approximate surface area is 121 Å². The van der Waals surface area contributed by atoms with Crippen LogP contribution in [0.1, 0.15) is 21.7 Å². The minimum absolute atomic E-state index is 0.265. The molecule has 0 fully saturated rings. The number of hydrogen-bond acceptors (Lipinski definition) is 4. The molecule has 8 nitrogen and oxygen atoms in total. The SMILES string of the molecule is Cc1cc(C)n(CCNC(=O)c2cnn(CC(=O)O)c2)n1. The number of carbonyl (C=O) groups is 2. The Morgan fingerprint density at radius 1 is 1.38 bits per heavy atom. The molecule has 0 spiro atoms. The molecule has 0 aromatic carbocycles. The first-order chi connectivity index (χ1) is 9.95. The van der Waals surface area contributed by atoms with Gasteiger partial charge in [0.25, 0.3) is 5.91 Å². The molecule has 2 heterocycles. The highest BCUT2D eigenvalue weighted by Crippen LogP contribution is 2.01. The summed E-state index contributed by atoms with van der Waals surface area (Å²) in [7, 11) is 0. The van der Waals surface area contributed by atoms with Crippen LogP contribution in [0.5, 0.6) is 0 Å². The molecule has 0 aliphatic rings. The fourth-order valence-electron chi connectivity index (χ4n) is 1.98. The number of aryl methyl sites for hydroxylation is 2. The van der Waals surface area contributed by atoms with Gasteiger partial charge in [-0.1, -0.05) is 0 Å². The second-order valence-electron chi connectivity index (χ2n) is 4.73. The van der Waals surface area contributed by atoms with Crippen molar-refractivity contribution in [3.05, 3.63) is 35.4 Å². The highest BCUT2D eigenvalue weighted by molar-refractivity contribution is 5.93. The van der Waals surface area contributed by atoms with E-state index in [0.717, 1.165) is 11.4 Å². The number of nitrogens with one attached hydrogen (secondary N) is 1. The van der Waals surface area contributed by atoms with Crippen LogP contribution in [0.25, 0.3) is 0 Å². The summed E-state index contributed by atoms with van der Waals surface area (Å²) in [6, 6.07) is 1.97. The monoisotopic (exact) mass is 291 g/mol. The molecule has 0 unspecified atom stereocenters. The molecule has 2 aromatic heterocycles. The van der Waals surface area contributed by atoms with Gasteiger partial charge in [-0.25, -0.2) is 0 Å². The number of carboxylic acids is 1. The Hall–Kier alpha value is -2.64. The van der Waals surface area contributed by atoms with Gasteiger partial charge < -0.3 is 10.4 Å². The molecule has 0 radical (unpaired) electrons. The van der Waals surface area contributed by atoms with E-state index in [0.29, 0.717) is 18.7 Å². The van der Waals surface area contributed by atoms with Gasteiger partial charge in [-0.2, -0.15) is 10.2 Å². The maximum Gasteiger partial charge on any atom is 0.325 e. The Kier molecular flexibility index (Phi) is 4.36. The van der Waals surface area contributed by atoms with Crippen LogP contribution in [-0.2, 0) is 17.9 Å². The summed E-state index contributed by atoms with van der Waals surface area (Å²) >= 11 is 0. The van der Waals surface area contributed by atoms with Gasteiger partial charge in [0.1, 0.15) is 6.54 Å². The molecule has 2 rings (SSSR count). The number of aliphatic carboxylic acids is 1. The zero-order valence-corrected chi connectivity index (χ0v) is 11.9. The largest absolute Gasteiger partial charge is 0.480 e. The summed E-state index contributed by atoms with van der Waals surface area (Å²) in [5.41, 5.74) is 2.31. The topological polar surface area (TPSA) is 102 Å². The predicted molar refractivity (Wildman–Crippen MR) is 73.9 cm³/mol. The number of amides is 1. The van der Waals surface area contributed by atoms with Crippen molar-refractivity contribution in [2.75, 3.05) is 6.54 Å². The van der Waals surface area contributed by atoms with Crippen molar-refractivity contribution in [3.8, 4) is 0 Å². The first kappa shape index (κ1) is 14.8. The van der Waals surface area contributed by atoms with Gasteiger partial charge in [-0.3, -0.25) is 19.0 Å². The van der Waals surface area contributed by atoms with Crippen LogP contribution in [-0.4, -0.2) is 43.1 Å². The number of rotatable bonds is 6. The summed E-state index contributed by atoms with van der Waals surface area (Å²) in [5.74, 6) is -1.29. The number of carbonyl (C=O) groups excluding carboxylic acids is 1. The van der Waals surface area contributed by atoms with Crippen molar-refractivity contribution in [1.29, 1.82) is 0 Å². The van der Waals surface area contributed by atoms with Crippen LogP contribution < -0.4 is 5.32 Å². The van der Waals surface area contributed by atoms with Crippen LogP contribution in [0.2, 0.25) is 0 Å². The first-order valence-electron chi connectivity index (χ1n) is 6.49. The highest BCUT2D eigenvalue weighted by Gasteiger charge is 2.10. The summed E-state index contributed by atoms with van der Waals surface area (Å²) < 4.78 is 3.03. The Morgan fingerprint density at radius 2 is 2.14 bits per heavy atom. The standard InChI is InChI=1S/C13H17N5O3/c1-9-5-10(2)18(16-9)4-3-14-13(21)11-6-15-17(7-11)8-12(19)20/h5-7H,3-4,8H2,1-2H3,(H,14,21)(H,19,20). The smallest absolute Gasteiger partial charge is 0.325 e. The van der Waals surface area contributed by atoms with Crippen LogP contribution in [0.3, 0.4) is 0 Å². The maximum atomic E-state index is 11.9. The molecule has 1 amide bonds. The molecule has 0 aliphatic carbocycles. The summed E-state index contributed by atoms with van der Waals surface area (Å²) in [6.45, 7) is 4.62. The quantitative estimate of drug-likeness (QED) is 0.792. The lowest BCUT2D eigenvalue weighted by Gasteiger charge is -2.05. The third kappa shape index (κ3) is 3.91. The Morgan fingerprint density at radius 3 is 2.76 bits per heavy atom. The van der Waals surface area contributed by atoms with Crippen molar-refractivity contribution >= 4 is 11.9 Å². The average molecular weight is 291 g/mol. The third-order valence-corrected chi connectivity index (χ3v) is 2.91. The Bertz CT molecular complexity index is 659. The summed E-state index contributed by atoms with van der Waals surface area (Å²) in [5, 5.41) is 19.5. The zero-order chi connectivity index (χ0) is 15.4. The fraction of sp³-hybridized carbons (Fsp3) is 0.385. The third-order valence-electron chi connectivity index (χ3n) is 2.91. The van der Waals surface area contributed by atoms with E-state index in [1.807, 2.05) is 24.6 Å². The van der Waals surface area contributed by atoms with Crippen molar-refractivity contribution in [1.82, 2.24) is 24.9 Å². The molecule has 8 heteroatoms. The zero-order valence-electron chi connectivity index (χ0n) is 11.9. The van der Waals surface area contributed by atoms with Crippen LogP contribution in [0, 0.1) is 13.8 Å². The molecular weight excluding hydrogens is 274 g/mol. The van der Waals surface area contributed by atoms with Gasteiger partial charge in [-0.15, -0.1) is 0 Å². The van der Waals surface area contributed by atoms with E-state index < -0.39 is 5.97 Å². The summed E-state index contributed by atoms with van der Waals surface area (Å²) in [6.07, 6.45) is 2.76. The Balaban J connectivity index is 1.85. The summed E-state index contributed by atoms with van der Waals surface area (Å²) in [4.78, 5) is 22.4. The van der Waals surface area contributed by atoms with Gasteiger partial charge in [0.05, 0.1) is 24.0 Å². The lowest BCUT2D eigenvalue weighted by molar-refractivity contribution is -0.137. The molecule has 0 bridgehead atoms. The van der Waals surface area contributed by atoms with Gasteiger partial charge >= 0.3 is 5.97 Å². The molecular formula is C13H17N5O3. The lowest BCUT2D eigenvalue weighted by Crippen LogP contribution is -2.27. The van der Waals surface area contributed by atoms with Gasteiger partial charge in [0.15, 0.2) is 0 Å². The van der Waals surface area contributed by atoms with Crippen molar-refractivity contribution < 1.29 is 14.7 Å². The maximum absolute atomic E-state index is 11.9. The number of carboxylic acid groups (broad SMARTS) is 1. The molecule has 0 aliphatic heterocycles. The van der Waals surface area contributed by atoms with Gasteiger partial charge in [-0.05, 0) is 19.9 Å². The lowest BCUT2D eigenvalue weighted by atomic mass is 10.3. The van der Waals surface area contributed by atoms with Crippen LogP contribution >= 0.6 is 0 Å². The molecule has 21 heavy (non-hydrogen) atoms. The number of aromatic nitrogens is 4. The van der Waals surface area contributed by atoms with E-state index in [1.165, 1.54) is 17.1 Å². The van der Waals surface area contributed by atoms with E-state index in [-0.39, 0.29) is 12.5 Å². The van der Waals surface area contributed by atoms with Crippen molar-refractivity contribution in [2.24, 2.45) is 0 Å². The molecule has 0 atom stereocenters. The molecule has 2 N–H and O–H groups in total. The van der Waals surface area contributed by atoms with Crippen LogP contribution in [0.4, 0.5) is 0 Å². The second kappa shape index (κ2) is 6.21. The predicted octanol–water partition coefficient (Wildman–Crippen LogP) is 0.211.